The van der Waals surface area contributed by atoms with Crippen LogP contribution in [0.2, 0.25) is 5.02 Å². The van der Waals surface area contributed by atoms with Gasteiger partial charge in [-0.25, -0.2) is 4.98 Å². The Hall–Kier alpha value is -1.26. The molecule has 0 amide bonds. The van der Waals surface area contributed by atoms with Gasteiger partial charge in [-0.2, -0.15) is 0 Å². The van der Waals surface area contributed by atoms with E-state index in [9.17, 15) is 0 Å². The van der Waals surface area contributed by atoms with Crippen molar-refractivity contribution >= 4 is 34.3 Å². The zero-order chi connectivity index (χ0) is 13.1. The second kappa shape index (κ2) is 5.59. The molecule has 0 aliphatic rings. The highest BCUT2D eigenvalue weighted by Crippen LogP contribution is 2.28. The minimum absolute atomic E-state index is 0.121. The van der Waals surface area contributed by atoms with E-state index in [-0.39, 0.29) is 6.04 Å². The van der Waals surface area contributed by atoms with Gasteiger partial charge in [-0.05, 0) is 31.5 Å². The summed E-state index contributed by atoms with van der Waals surface area (Å²) >= 11 is 7.69. The van der Waals surface area contributed by atoms with Crippen molar-refractivity contribution in [3.05, 3.63) is 39.3 Å². The van der Waals surface area contributed by atoms with Crippen LogP contribution in [0, 0.1) is 0 Å². The van der Waals surface area contributed by atoms with Gasteiger partial charge < -0.3 is 11.1 Å². The molecule has 96 valence electrons. The molecule has 0 aliphatic heterocycles. The number of nitrogens with zero attached hydrogens (tertiary/aromatic N) is 1. The number of thiazole rings is 1. The third-order valence-electron chi connectivity index (χ3n) is 2.68. The number of anilines is 2. The number of benzene rings is 1. The number of halogens is 1. The van der Waals surface area contributed by atoms with Crippen molar-refractivity contribution in [1.82, 2.24) is 4.98 Å². The van der Waals surface area contributed by atoms with Crippen LogP contribution in [0.4, 0.5) is 11.4 Å². The maximum atomic E-state index is 5.96. The lowest BCUT2D eigenvalue weighted by atomic mass is 10.2. The minimum Gasteiger partial charge on any atom is -0.397 e. The largest absolute Gasteiger partial charge is 0.397 e. The Balaban J connectivity index is 2.15. The molecular formula is C13H16ClN3S. The Kier molecular flexibility index (Phi) is 4.09. The van der Waals surface area contributed by atoms with Gasteiger partial charge >= 0.3 is 0 Å². The Morgan fingerprint density at radius 1 is 1.50 bits per heavy atom. The molecule has 2 aromatic rings. The molecule has 0 saturated heterocycles. The van der Waals surface area contributed by atoms with Crippen LogP contribution in [0.15, 0.2) is 24.4 Å². The van der Waals surface area contributed by atoms with E-state index in [0.717, 1.165) is 17.1 Å². The summed E-state index contributed by atoms with van der Waals surface area (Å²) in [5.74, 6) is 0. The van der Waals surface area contributed by atoms with Crippen molar-refractivity contribution in [3.8, 4) is 0 Å². The van der Waals surface area contributed by atoms with Gasteiger partial charge in [0.25, 0.3) is 0 Å². The lowest BCUT2D eigenvalue weighted by Gasteiger charge is -2.14. The first kappa shape index (κ1) is 13.2. The normalized spacial score (nSPS) is 12.4. The van der Waals surface area contributed by atoms with Gasteiger partial charge in [0.05, 0.1) is 17.4 Å². The summed E-state index contributed by atoms with van der Waals surface area (Å²) in [5.41, 5.74) is 7.45. The van der Waals surface area contributed by atoms with Crippen molar-refractivity contribution in [2.24, 2.45) is 0 Å². The van der Waals surface area contributed by atoms with Crippen molar-refractivity contribution in [2.45, 2.75) is 26.3 Å². The lowest BCUT2D eigenvalue weighted by molar-refractivity contribution is 0.870. The summed E-state index contributed by atoms with van der Waals surface area (Å²) in [4.78, 5) is 5.71. The quantitative estimate of drug-likeness (QED) is 0.829. The summed E-state index contributed by atoms with van der Waals surface area (Å²) in [6.07, 6.45) is 2.95. The smallest absolute Gasteiger partial charge is 0.115 e. The number of hydrogen-bond acceptors (Lipinski definition) is 4. The number of nitrogens with one attached hydrogen (secondary N) is 1. The SMILES string of the molecule is CCc1cnc(C(C)Nc2cc(Cl)ccc2N)s1. The van der Waals surface area contributed by atoms with Gasteiger partial charge in [0, 0.05) is 16.1 Å². The van der Waals surface area contributed by atoms with Crippen molar-refractivity contribution < 1.29 is 0 Å². The topological polar surface area (TPSA) is 50.9 Å². The molecule has 1 unspecified atom stereocenters. The molecule has 0 bridgehead atoms. The molecule has 0 aliphatic carbocycles. The highest BCUT2D eigenvalue weighted by molar-refractivity contribution is 7.11. The van der Waals surface area contributed by atoms with Crippen LogP contribution in [-0.4, -0.2) is 4.98 Å². The third-order valence-corrected chi connectivity index (χ3v) is 4.24. The molecule has 1 aromatic carbocycles. The van der Waals surface area contributed by atoms with E-state index < -0.39 is 0 Å². The monoisotopic (exact) mass is 281 g/mol. The van der Waals surface area contributed by atoms with Crippen LogP contribution < -0.4 is 11.1 Å². The second-order valence-corrected chi connectivity index (χ2v) is 5.70. The molecule has 18 heavy (non-hydrogen) atoms. The maximum Gasteiger partial charge on any atom is 0.115 e. The van der Waals surface area contributed by atoms with Gasteiger partial charge in [-0.1, -0.05) is 18.5 Å². The number of nitrogens with two attached hydrogens (primary N) is 1. The van der Waals surface area contributed by atoms with Crippen LogP contribution in [0.5, 0.6) is 0 Å². The summed E-state index contributed by atoms with van der Waals surface area (Å²) in [6, 6.07) is 5.54. The number of aryl methyl sites for hydroxylation is 1. The first-order valence-electron chi connectivity index (χ1n) is 5.86. The molecule has 0 radical (unpaired) electrons. The Morgan fingerprint density at radius 2 is 2.28 bits per heavy atom. The van der Waals surface area contributed by atoms with Crippen LogP contribution in [-0.2, 0) is 6.42 Å². The van der Waals surface area contributed by atoms with E-state index >= 15 is 0 Å². The molecule has 5 heteroatoms. The Labute approximate surface area is 116 Å². The molecule has 1 atom stereocenters. The van der Waals surface area contributed by atoms with E-state index in [1.165, 1.54) is 4.88 Å². The average molecular weight is 282 g/mol. The number of hydrogen-bond donors (Lipinski definition) is 2. The highest BCUT2D eigenvalue weighted by atomic mass is 35.5. The first-order valence-corrected chi connectivity index (χ1v) is 7.05. The van der Waals surface area contributed by atoms with E-state index in [1.54, 1.807) is 23.5 Å². The van der Waals surface area contributed by atoms with Crippen LogP contribution >= 0.6 is 22.9 Å². The molecular weight excluding hydrogens is 266 g/mol. The zero-order valence-electron chi connectivity index (χ0n) is 10.4. The standard InChI is InChI=1S/C13H16ClN3S/c1-3-10-7-16-13(18-10)8(2)17-12-6-9(14)4-5-11(12)15/h4-8,17H,3,15H2,1-2H3. The fourth-order valence-electron chi connectivity index (χ4n) is 1.63. The van der Waals surface area contributed by atoms with Crippen molar-refractivity contribution in [2.75, 3.05) is 11.1 Å². The molecule has 1 heterocycles. The molecule has 2 rings (SSSR count). The fourth-order valence-corrected chi connectivity index (χ4v) is 2.67. The summed E-state index contributed by atoms with van der Waals surface area (Å²) < 4.78 is 0. The highest BCUT2D eigenvalue weighted by Gasteiger charge is 2.11. The summed E-state index contributed by atoms with van der Waals surface area (Å²) in [5, 5.41) is 5.08. The van der Waals surface area contributed by atoms with Gasteiger partial charge in [-0.15, -0.1) is 11.3 Å². The van der Waals surface area contributed by atoms with Crippen LogP contribution in [0.3, 0.4) is 0 Å². The number of nitrogen functional groups attached to an aromatic ring is 1. The first-order chi connectivity index (χ1) is 8.60. The average Bonchev–Trinajstić information content (AvgIpc) is 2.82. The fraction of sp³-hybridized carbons (Fsp3) is 0.308. The molecule has 0 fully saturated rings. The zero-order valence-corrected chi connectivity index (χ0v) is 12.0. The Bertz CT molecular complexity index is 539. The summed E-state index contributed by atoms with van der Waals surface area (Å²) in [7, 11) is 0. The van der Waals surface area contributed by atoms with Crippen LogP contribution in [0.25, 0.3) is 0 Å². The van der Waals surface area contributed by atoms with Gasteiger partial charge in [0.15, 0.2) is 0 Å². The van der Waals surface area contributed by atoms with Crippen molar-refractivity contribution in [3.63, 3.8) is 0 Å². The maximum absolute atomic E-state index is 5.96. The van der Waals surface area contributed by atoms with E-state index in [4.69, 9.17) is 17.3 Å². The number of rotatable bonds is 4. The predicted molar refractivity (Wildman–Crippen MR) is 79.4 cm³/mol. The second-order valence-electron chi connectivity index (χ2n) is 4.12. The molecule has 0 saturated carbocycles. The van der Waals surface area contributed by atoms with Gasteiger partial charge in [0.1, 0.15) is 5.01 Å². The van der Waals surface area contributed by atoms with E-state index in [0.29, 0.717) is 10.7 Å². The van der Waals surface area contributed by atoms with Crippen molar-refractivity contribution in [1.29, 1.82) is 0 Å². The molecule has 0 spiro atoms. The molecule has 3 nitrogen and oxygen atoms in total. The number of aromatic nitrogens is 1. The van der Waals surface area contributed by atoms with Gasteiger partial charge in [-0.3, -0.25) is 0 Å². The molecule has 1 aromatic heterocycles. The third kappa shape index (κ3) is 2.94. The van der Waals surface area contributed by atoms with E-state index in [1.807, 2.05) is 12.3 Å². The van der Waals surface area contributed by atoms with Crippen LogP contribution in [0.1, 0.15) is 29.8 Å². The van der Waals surface area contributed by atoms with E-state index in [2.05, 4.69) is 24.1 Å². The summed E-state index contributed by atoms with van der Waals surface area (Å²) in [6.45, 7) is 4.20. The lowest BCUT2D eigenvalue weighted by Crippen LogP contribution is -2.07. The Morgan fingerprint density at radius 3 is 2.94 bits per heavy atom. The predicted octanol–water partition coefficient (Wildman–Crippen LogP) is 4.11. The minimum atomic E-state index is 0.121. The van der Waals surface area contributed by atoms with Gasteiger partial charge in [0.2, 0.25) is 0 Å². The molecule has 3 N–H and O–H groups in total.